The minimum atomic E-state index is -1.31. The molecule has 1 aromatic carbocycles. The second-order valence-electron chi connectivity index (χ2n) is 3.92. The van der Waals surface area contributed by atoms with Crippen LogP contribution in [0.15, 0.2) is 24.3 Å². The SMILES string of the molecule is Cc1ccc(/C=C/C(=O)NC(CO)C(=O)O)cc1Cl. The monoisotopic (exact) mass is 283 g/mol. The van der Waals surface area contributed by atoms with E-state index in [0.717, 1.165) is 11.1 Å². The van der Waals surface area contributed by atoms with Crippen molar-refractivity contribution in [1.29, 1.82) is 0 Å². The zero-order valence-electron chi connectivity index (χ0n) is 10.3. The molecule has 6 heteroatoms. The summed E-state index contributed by atoms with van der Waals surface area (Å²) in [6, 6.07) is 3.99. The molecule has 0 aliphatic carbocycles. The molecule has 0 aliphatic rings. The number of carboxylic acids is 1. The Morgan fingerprint density at radius 1 is 1.47 bits per heavy atom. The summed E-state index contributed by atoms with van der Waals surface area (Å²) in [5.74, 6) is -1.89. The maximum Gasteiger partial charge on any atom is 0.328 e. The molecule has 0 aromatic heterocycles. The fourth-order valence-corrected chi connectivity index (χ4v) is 1.48. The van der Waals surface area contributed by atoms with E-state index in [1.807, 2.05) is 13.0 Å². The number of carboxylic acid groups (broad SMARTS) is 1. The van der Waals surface area contributed by atoms with Gasteiger partial charge in [-0.2, -0.15) is 0 Å². The van der Waals surface area contributed by atoms with Gasteiger partial charge in [-0.25, -0.2) is 4.79 Å². The molecule has 19 heavy (non-hydrogen) atoms. The first kappa shape index (κ1) is 15.2. The molecule has 5 nitrogen and oxygen atoms in total. The Kier molecular flexibility index (Phi) is 5.54. The van der Waals surface area contributed by atoms with Crippen molar-refractivity contribution in [2.45, 2.75) is 13.0 Å². The van der Waals surface area contributed by atoms with Crippen molar-refractivity contribution in [3.8, 4) is 0 Å². The van der Waals surface area contributed by atoms with Crippen molar-refractivity contribution >= 4 is 29.6 Å². The lowest BCUT2D eigenvalue weighted by Gasteiger charge is -2.09. The highest BCUT2D eigenvalue weighted by atomic mass is 35.5. The minimum Gasteiger partial charge on any atom is -0.480 e. The third-order valence-corrected chi connectivity index (χ3v) is 2.83. The molecule has 1 aromatic rings. The number of rotatable bonds is 5. The number of carbonyl (C=O) groups is 2. The fourth-order valence-electron chi connectivity index (χ4n) is 1.29. The maximum atomic E-state index is 11.4. The van der Waals surface area contributed by atoms with E-state index in [-0.39, 0.29) is 0 Å². The van der Waals surface area contributed by atoms with Gasteiger partial charge in [-0.15, -0.1) is 0 Å². The molecule has 102 valence electrons. The normalized spacial score (nSPS) is 12.4. The number of halogens is 1. The molecule has 0 heterocycles. The van der Waals surface area contributed by atoms with Crippen molar-refractivity contribution in [2.75, 3.05) is 6.61 Å². The number of aliphatic hydroxyl groups is 1. The molecule has 0 spiro atoms. The number of nitrogens with one attached hydrogen (secondary N) is 1. The van der Waals surface area contributed by atoms with Crippen LogP contribution in [0.4, 0.5) is 0 Å². The van der Waals surface area contributed by atoms with Crippen molar-refractivity contribution in [3.05, 3.63) is 40.4 Å². The smallest absolute Gasteiger partial charge is 0.328 e. The molecule has 1 unspecified atom stereocenters. The van der Waals surface area contributed by atoms with Crippen LogP contribution in [-0.4, -0.2) is 34.7 Å². The van der Waals surface area contributed by atoms with Gasteiger partial charge >= 0.3 is 5.97 Å². The van der Waals surface area contributed by atoms with Crippen molar-refractivity contribution in [3.63, 3.8) is 0 Å². The van der Waals surface area contributed by atoms with Crippen LogP contribution in [0.2, 0.25) is 5.02 Å². The van der Waals surface area contributed by atoms with Crippen molar-refractivity contribution in [1.82, 2.24) is 5.32 Å². The summed E-state index contributed by atoms with van der Waals surface area (Å²) in [5, 5.41) is 20.2. The minimum absolute atomic E-state index is 0.585. The number of hydrogen-bond acceptors (Lipinski definition) is 3. The van der Waals surface area contributed by atoms with Gasteiger partial charge in [-0.05, 0) is 30.2 Å². The Morgan fingerprint density at radius 3 is 2.68 bits per heavy atom. The third-order valence-electron chi connectivity index (χ3n) is 2.42. The molecular weight excluding hydrogens is 270 g/mol. The van der Waals surface area contributed by atoms with Gasteiger partial charge < -0.3 is 15.5 Å². The third kappa shape index (κ3) is 4.73. The molecule has 0 fully saturated rings. The van der Waals surface area contributed by atoms with E-state index in [9.17, 15) is 9.59 Å². The van der Waals surface area contributed by atoms with Crippen LogP contribution in [-0.2, 0) is 9.59 Å². The summed E-state index contributed by atoms with van der Waals surface area (Å²) < 4.78 is 0. The van der Waals surface area contributed by atoms with Gasteiger partial charge in [0.05, 0.1) is 6.61 Å². The second kappa shape index (κ2) is 6.92. The van der Waals surface area contributed by atoms with Crippen molar-refractivity contribution < 1.29 is 19.8 Å². The van der Waals surface area contributed by atoms with E-state index >= 15 is 0 Å². The van der Waals surface area contributed by atoms with E-state index in [2.05, 4.69) is 5.32 Å². The first-order chi connectivity index (χ1) is 8.93. The predicted molar refractivity (Wildman–Crippen MR) is 71.9 cm³/mol. The standard InChI is InChI=1S/C13H14ClNO4/c1-8-2-3-9(6-10(8)14)4-5-12(17)15-11(7-16)13(18)19/h2-6,11,16H,7H2,1H3,(H,15,17)(H,18,19)/b5-4+. The highest BCUT2D eigenvalue weighted by molar-refractivity contribution is 6.31. The number of carbonyl (C=O) groups excluding carboxylic acids is 1. The van der Waals surface area contributed by atoms with Gasteiger partial charge in [0, 0.05) is 11.1 Å². The molecule has 3 N–H and O–H groups in total. The van der Waals surface area contributed by atoms with Crippen LogP contribution in [0.25, 0.3) is 6.08 Å². The number of hydrogen-bond donors (Lipinski definition) is 3. The summed E-state index contributed by atoms with van der Waals surface area (Å²) in [6.07, 6.45) is 2.70. The van der Waals surface area contributed by atoms with Gasteiger partial charge in [-0.1, -0.05) is 23.7 Å². The molecule has 0 saturated carbocycles. The molecule has 0 bridgehead atoms. The van der Waals surface area contributed by atoms with Gasteiger partial charge in [0.1, 0.15) is 0 Å². The quantitative estimate of drug-likeness (QED) is 0.709. The lowest BCUT2D eigenvalue weighted by molar-refractivity contribution is -0.142. The summed E-state index contributed by atoms with van der Waals surface area (Å²) in [7, 11) is 0. The molecule has 1 amide bonds. The molecule has 0 radical (unpaired) electrons. The molecule has 1 atom stereocenters. The lowest BCUT2D eigenvalue weighted by Crippen LogP contribution is -2.42. The van der Waals surface area contributed by atoms with Crippen LogP contribution in [0.1, 0.15) is 11.1 Å². The average molecular weight is 284 g/mol. The predicted octanol–water partition coefficient (Wildman–Crippen LogP) is 1.22. The molecule has 1 rings (SSSR count). The van der Waals surface area contributed by atoms with Crippen LogP contribution in [0.5, 0.6) is 0 Å². The Labute approximate surface area is 115 Å². The van der Waals surface area contributed by atoms with Gasteiger partial charge in [-0.3, -0.25) is 4.79 Å². The summed E-state index contributed by atoms with van der Waals surface area (Å²) in [4.78, 5) is 22.0. The lowest BCUT2D eigenvalue weighted by atomic mass is 10.1. The Balaban J connectivity index is 2.68. The second-order valence-corrected chi connectivity index (χ2v) is 4.33. The number of aryl methyl sites for hydroxylation is 1. The van der Waals surface area contributed by atoms with Crippen molar-refractivity contribution in [2.24, 2.45) is 0 Å². The highest BCUT2D eigenvalue weighted by Gasteiger charge is 2.16. The molecule has 0 aliphatic heterocycles. The largest absolute Gasteiger partial charge is 0.480 e. The van der Waals surface area contributed by atoms with Gasteiger partial charge in [0.25, 0.3) is 0 Å². The molecular formula is C13H14ClNO4. The number of benzene rings is 1. The zero-order chi connectivity index (χ0) is 14.4. The number of aliphatic hydroxyl groups excluding tert-OH is 1. The van der Waals surface area contributed by atoms with Gasteiger partial charge in [0.15, 0.2) is 6.04 Å². The summed E-state index contributed by atoms with van der Waals surface area (Å²) >= 11 is 5.93. The maximum absolute atomic E-state index is 11.4. The first-order valence-electron chi connectivity index (χ1n) is 5.52. The van der Waals surface area contributed by atoms with Crippen LogP contribution >= 0.6 is 11.6 Å². The topological polar surface area (TPSA) is 86.6 Å². The zero-order valence-corrected chi connectivity index (χ0v) is 11.0. The first-order valence-corrected chi connectivity index (χ1v) is 5.90. The van der Waals surface area contributed by atoms with E-state index in [1.54, 1.807) is 12.1 Å². The Morgan fingerprint density at radius 2 is 2.16 bits per heavy atom. The highest BCUT2D eigenvalue weighted by Crippen LogP contribution is 2.17. The summed E-state index contributed by atoms with van der Waals surface area (Å²) in [6.45, 7) is 1.20. The number of aliphatic carboxylic acids is 1. The summed E-state index contributed by atoms with van der Waals surface area (Å²) in [5.41, 5.74) is 1.65. The van der Waals surface area contributed by atoms with Gasteiger partial charge in [0.2, 0.25) is 5.91 Å². The Hall–Kier alpha value is -1.85. The van der Waals surface area contributed by atoms with Crippen LogP contribution < -0.4 is 5.32 Å². The van der Waals surface area contributed by atoms with E-state index in [4.69, 9.17) is 21.8 Å². The Bertz CT molecular complexity index is 513. The molecule has 0 saturated heterocycles. The van der Waals surface area contributed by atoms with Crippen LogP contribution in [0, 0.1) is 6.92 Å². The fraction of sp³-hybridized carbons (Fsp3) is 0.231. The van der Waals surface area contributed by atoms with Crippen LogP contribution in [0.3, 0.4) is 0 Å². The van der Waals surface area contributed by atoms with E-state index in [0.29, 0.717) is 5.02 Å². The van der Waals surface area contributed by atoms with E-state index < -0.39 is 24.5 Å². The number of amides is 1. The average Bonchev–Trinajstić information content (AvgIpc) is 2.37. The van der Waals surface area contributed by atoms with E-state index in [1.165, 1.54) is 12.2 Å².